The van der Waals surface area contributed by atoms with Gasteiger partial charge >= 0.3 is 0 Å². The first kappa shape index (κ1) is 16.2. The predicted molar refractivity (Wildman–Crippen MR) is 77.2 cm³/mol. The quantitative estimate of drug-likeness (QED) is 0.865. The average molecular weight is 287 g/mol. The van der Waals surface area contributed by atoms with Crippen LogP contribution < -0.4 is 10.5 Å². The van der Waals surface area contributed by atoms with Crippen LogP contribution in [0.4, 0.5) is 0 Å². The monoisotopic (exact) mass is 287 g/mol. The number of aryl methyl sites for hydroxylation is 1. The predicted octanol–water partition coefficient (Wildman–Crippen LogP) is 1.68. The van der Waals surface area contributed by atoms with Crippen LogP contribution in [-0.2, 0) is 23.1 Å². The largest absolute Gasteiger partial charge is 0.349 e. The normalized spacial score (nSPS) is 14.6. The minimum absolute atomic E-state index is 0.128. The van der Waals surface area contributed by atoms with Crippen LogP contribution in [0.5, 0.6) is 0 Å². The SMILES string of the molecule is CCn1cc(S(=O)(=O)NC(C)C(C)(C)C)cc1CN. The Morgan fingerprint density at radius 1 is 1.42 bits per heavy atom. The van der Waals surface area contributed by atoms with E-state index in [9.17, 15) is 8.42 Å². The molecule has 1 rings (SSSR count). The van der Waals surface area contributed by atoms with E-state index in [1.807, 2.05) is 39.2 Å². The Labute approximate surface area is 116 Å². The average Bonchev–Trinajstić information content (AvgIpc) is 2.70. The fraction of sp³-hybridized carbons (Fsp3) is 0.692. The Bertz CT molecular complexity index is 505. The Morgan fingerprint density at radius 3 is 2.37 bits per heavy atom. The zero-order valence-electron chi connectivity index (χ0n) is 12.4. The van der Waals surface area contributed by atoms with Gasteiger partial charge in [-0.05, 0) is 25.3 Å². The molecular weight excluding hydrogens is 262 g/mol. The van der Waals surface area contributed by atoms with Crippen molar-refractivity contribution in [1.29, 1.82) is 0 Å². The van der Waals surface area contributed by atoms with Crippen molar-refractivity contribution in [3.8, 4) is 0 Å². The molecule has 5 nitrogen and oxygen atoms in total. The summed E-state index contributed by atoms with van der Waals surface area (Å²) >= 11 is 0. The first-order valence-corrected chi connectivity index (χ1v) is 8.01. The lowest BCUT2D eigenvalue weighted by Crippen LogP contribution is -2.41. The van der Waals surface area contributed by atoms with E-state index in [2.05, 4.69) is 4.72 Å². The molecule has 110 valence electrons. The molecule has 1 unspecified atom stereocenters. The van der Waals surface area contributed by atoms with E-state index in [4.69, 9.17) is 5.73 Å². The number of rotatable bonds is 5. The molecule has 0 aromatic carbocycles. The van der Waals surface area contributed by atoms with Crippen LogP contribution in [0.1, 0.15) is 40.3 Å². The first-order chi connectivity index (χ1) is 8.61. The summed E-state index contributed by atoms with van der Waals surface area (Å²) in [5.41, 5.74) is 6.31. The van der Waals surface area contributed by atoms with E-state index < -0.39 is 10.0 Å². The zero-order chi connectivity index (χ0) is 14.8. The molecule has 0 radical (unpaired) electrons. The van der Waals surface area contributed by atoms with Gasteiger partial charge in [0.05, 0.1) is 4.90 Å². The van der Waals surface area contributed by atoms with E-state index in [0.29, 0.717) is 13.1 Å². The topological polar surface area (TPSA) is 77.1 Å². The number of nitrogens with two attached hydrogens (primary N) is 1. The highest BCUT2D eigenvalue weighted by molar-refractivity contribution is 7.89. The van der Waals surface area contributed by atoms with Crippen molar-refractivity contribution in [2.45, 2.75) is 58.6 Å². The van der Waals surface area contributed by atoms with Crippen LogP contribution in [-0.4, -0.2) is 19.0 Å². The van der Waals surface area contributed by atoms with Gasteiger partial charge in [-0.25, -0.2) is 13.1 Å². The summed E-state index contributed by atoms with van der Waals surface area (Å²) in [6.45, 7) is 10.9. The Hall–Kier alpha value is -0.850. The van der Waals surface area contributed by atoms with E-state index in [-0.39, 0.29) is 16.4 Å². The molecule has 0 spiro atoms. The summed E-state index contributed by atoms with van der Waals surface area (Å²) in [4.78, 5) is 0.283. The standard InChI is InChI=1S/C13H25N3O2S/c1-6-16-9-12(7-11(16)8-14)19(17,18)15-10(2)13(3,4)5/h7,9-10,15H,6,8,14H2,1-5H3. The summed E-state index contributed by atoms with van der Waals surface area (Å²) in [7, 11) is -3.49. The van der Waals surface area contributed by atoms with Gasteiger partial charge in [0.25, 0.3) is 0 Å². The fourth-order valence-electron chi connectivity index (χ4n) is 1.62. The fourth-order valence-corrected chi connectivity index (χ4v) is 3.13. The molecule has 1 heterocycles. The number of nitrogens with zero attached hydrogens (tertiary/aromatic N) is 1. The minimum Gasteiger partial charge on any atom is -0.349 e. The maximum Gasteiger partial charge on any atom is 0.242 e. The molecule has 19 heavy (non-hydrogen) atoms. The van der Waals surface area contributed by atoms with Gasteiger partial charge in [0.1, 0.15) is 0 Å². The van der Waals surface area contributed by atoms with Crippen molar-refractivity contribution >= 4 is 10.0 Å². The Balaban J connectivity index is 3.04. The van der Waals surface area contributed by atoms with Gasteiger partial charge < -0.3 is 10.3 Å². The second kappa shape index (κ2) is 5.64. The van der Waals surface area contributed by atoms with Crippen molar-refractivity contribution in [3.05, 3.63) is 18.0 Å². The van der Waals surface area contributed by atoms with Gasteiger partial charge in [-0.15, -0.1) is 0 Å². The van der Waals surface area contributed by atoms with Crippen molar-refractivity contribution < 1.29 is 8.42 Å². The lowest BCUT2D eigenvalue weighted by molar-refractivity contribution is 0.317. The molecule has 0 fully saturated rings. The third-order valence-corrected chi connectivity index (χ3v) is 4.96. The summed E-state index contributed by atoms with van der Waals surface area (Å²) in [5.74, 6) is 0. The maximum atomic E-state index is 12.3. The number of hydrogen-bond acceptors (Lipinski definition) is 3. The minimum atomic E-state index is -3.49. The van der Waals surface area contributed by atoms with Gasteiger partial charge in [0.2, 0.25) is 10.0 Å². The van der Waals surface area contributed by atoms with Crippen LogP contribution in [0, 0.1) is 5.41 Å². The van der Waals surface area contributed by atoms with Crippen molar-refractivity contribution in [3.63, 3.8) is 0 Å². The van der Waals surface area contributed by atoms with Crippen LogP contribution in [0.2, 0.25) is 0 Å². The number of aromatic nitrogens is 1. The van der Waals surface area contributed by atoms with E-state index >= 15 is 0 Å². The van der Waals surface area contributed by atoms with E-state index in [1.165, 1.54) is 0 Å². The molecule has 3 N–H and O–H groups in total. The Kier molecular flexibility index (Phi) is 4.81. The molecule has 1 aromatic rings. The molecule has 0 aliphatic heterocycles. The molecule has 0 saturated heterocycles. The van der Waals surface area contributed by atoms with Gasteiger partial charge in [-0.1, -0.05) is 20.8 Å². The number of hydrogen-bond donors (Lipinski definition) is 2. The third-order valence-electron chi connectivity index (χ3n) is 3.45. The lowest BCUT2D eigenvalue weighted by Gasteiger charge is -2.27. The smallest absolute Gasteiger partial charge is 0.242 e. The Morgan fingerprint density at radius 2 is 2.00 bits per heavy atom. The van der Waals surface area contributed by atoms with Gasteiger partial charge in [0, 0.05) is 31.0 Å². The highest BCUT2D eigenvalue weighted by atomic mass is 32.2. The highest BCUT2D eigenvalue weighted by Gasteiger charge is 2.26. The first-order valence-electron chi connectivity index (χ1n) is 6.53. The van der Waals surface area contributed by atoms with Crippen molar-refractivity contribution in [2.75, 3.05) is 0 Å². The maximum absolute atomic E-state index is 12.3. The molecule has 0 saturated carbocycles. The molecule has 0 aliphatic rings. The molecule has 6 heteroatoms. The van der Waals surface area contributed by atoms with Gasteiger partial charge in [0.15, 0.2) is 0 Å². The van der Waals surface area contributed by atoms with Crippen molar-refractivity contribution in [2.24, 2.45) is 11.1 Å². The molecular formula is C13H25N3O2S. The molecule has 1 atom stereocenters. The van der Waals surface area contributed by atoms with Crippen molar-refractivity contribution in [1.82, 2.24) is 9.29 Å². The third kappa shape index (κ3) is 3.81. The molecule has 0 aliphatic carbocycles. The molecule has 0 amide bonds. The summed E-state index contributed by atoms with van der Waals surface area (Å²) in [6.07, 6.45) is 1.64. The highest BCUT2D eigenvalue weighted by Crippen LogP contribution is 2.22. The second-order valence-corrected chi connectivity index (χ2v) is 7.58. The van der Waals surface area contributed by atoms with Crippen LogP contribution in [0.3, 0.4) is 0 Å². The molecule has 0 bridgehead atoms. The van der Waals surface area contributed by atoms with Crippen LogP contribution in [0.25, 0.3) is 0 Å². The van der Waals surface area contributed by atoms with E-state index in [1.54, 1.807) is 12.3 Å². The number of nitrogens with one attached hydrogen (secondary N) is 1. The summed E-state index contributed by atoms with van der Waals surface area (Å²) < 4.78 is 29.2. The second-order valence-electron chi connectivity index (χ2n) is 5.87. The molecule has 1 aromatic heterocycles. The van der Waals surface area contributed by atoms with Crippen LogP contribution >= 0.6 is 0 Å². The summed E-state index contributed by atoms with van der Waals surface area (Å²) in [5, 5.41) is 0. The summed E-state index contributed by atoms with van der Waals surface area (Å²) in [6, 6.07) is 1.49. The number of sulfonamides is 1. The lowest BCUT2D eigenvalue weighted by atomic mass is 9.89. The van der Waals surface area contributed by atoms with Gasteiger partial charge in [-0.3, -0.25) is 0 Å². The van der Waals surface area contributed by atoms with Crippen LogP contribution in [0.15, 0.2) is 17.2 Å². The van der Waals surface area contributed by atoms with E-state index in [0.717, 1.165) is 5.69 Å². The van der Waals surface area contributed by atoms with Gasteiger partial charge in [-0.2, -0.15) is 0 Å². The zero-order valence-corrected chi connectivity index (χ0v) is 13.2.